The molecule has 1 N–H and O–H groups in total. The van der Waals surface area contributed by atoms with Gasteiger partial charge in [-0.3, -0.25) is 4.98 Å². The molecule has 7 heteroatoms. The van der Waals surface area contributed by atoms with E-state index in [1.807, 2.05) is 40.7 Å². The van der Waals surface area contributed by atoms with Crippen LogP contribution in [0.15, 0.2) is 12.3 Å². The van der Waals surface area contributed by atoms with E-state index in [0.29, 0.717) is 5.69 Å². The molecule has 22 heavy (non-hydrogen) atoms. The van der Waals surface area contributed by atoms with Crippen LogP contribution in [0.5, 0.6) is 0 Å². The van der Waals surface area contributed by atoms with Crippen molar-refractivity contribution in [3.63, 3.8) is 0 Å². The lowest BCUT2D eigenvalue weighted by atomic mass is 9.77. The first kappa shape index (κ1) is 16.8. The molecule has 0 unspecified atom stereocenters. The number of nitrogens with zero attached hydrogens (tertiary/aromatic N) is 2. The Morgan fingerprint density at radius 1 is 1.32 bits per heavy atom. The lowest BCUT2D eigenvalue weighted by Crippen LogP contribution is -2.41. The molecule has 0 radical (unpaired) electrons. The summed E-state index contributed by atoms with van der Waals surface area (Å²) in [5, 5.41) is 8.91. The number of carboxylic acid groups (broad SMARTS) is 1. The summed E-state index contributed by atoms with van der Waals surface area (Å²) >= 11 is 0. The number of carbonyl (C=O) groups is 1. The first-order valence-corrected chi connectivity index (χ1v) is 7.28. The first-order valence-electron chi connectivity index (χ1n) is 7.28. The second kappa shape index (κ2) is 5.55. The van der Waals surface area contributed by atoms with E-state index in [1.54, 1.807) is 6.20 Å². The van der Waals surface area contributed by atoms with Crippen LogP contribution in [0.4, 0.5) is 4.79 Å². The van der Waals surface area contributed by atoms with Crippen molar-refractivity contribution in [3.05, 3.63) is 23.5 Å². The van der Waals surface area contributed by atoms with Gasteiger partial charge in [0.1, 0.15) is 0 Å². The van der Waals surface area contributed by atoms with E-state index in [0.717, 1.165) is 11.0 Å². The van der Waals surface area contributed by atoms with Crippen molar-refractivity contribution in [2.45, 2.75) is 52.4 Å². The van der Waals surface area contributed by atoms with Crippen LogP contribution in [0.1, 0.15) is 39.0 Å². The molecule has 1 aromatic rings. The fourth-order valence-electron chi connectivity index (χ4n) is 2.24. The number of rotatable bonds is 3. The average molecular weight is 306 g/mol. The van der Waals surface area contributed by atoms with Crippen molar-refractivity contribution in [1.29, 1.82) is 0 Å². The lowest BCUT2D eigenvalue weighted by molar-refractivity contribution is 0.00578. The van der Waals surface area contributed by atoms with Crippen molar-refractivity contribution < 1.29 is 19.2 Å². The zero-order chi connectivity index (χ0) is 16.7. The molecular formula is C15H23BN2O4. The van der Waals surface area contributed by atoms with Crippen molar-refractivity contribution in [3.8, 4) is 0 Å². The van der Waals surface area contributed by atoms with Gasteiger partial charge in [-0.25, -0.2) is 4.79 Å². The average Bonchev–Trinajstić information content (AvgIpc) is 2.58. The van der Waals surface area contributed by atoms with Crippen LogP contribution in [-0.2, 0) is 15.9 Å². The van der Waals surface area contributed by atoms with E-state index < -0.39 is 24.4 Å². The van der Waals surface area contributed by atoms with Gasteiger partial charge in [-0.15, -0.1) is 0 Å². The Labute approximate surface area is 131 Å². The van der Waals surface area contributed by atoms with Gasteiger partial charge >= 0.3 is 13.2 Å². The fourth-order valence-corrected chi connectivity index (χ4v) is 2.24. The number of hydrogen-bond acceptors (Lipinski definition) is 4. The maximum absolute atomic E-state index is 10.9. The molecule has 0 aromatic carbocycles. The van der Waals surface area contributed by atoms with Gasteiger partial charge in [0.2, 0.25) is 0 Å². The van der Waals surface area contributed by atoms with E-state index in [9.17, 15) is 4.79 Å². The third-order valence-corrected chi connectivity index (χ3v) is 4.44. The van der Waals surface area contributed by atoms with Gasteiger partial charge in [0.05, 0.1) is 23.4 Å². The SMILES string of the molecule is Cc1cc(CN(C)C(=O)O)ncc1B1OC(C)(C)C(C)(C)O1. The molecule has 2 heterocycles. The maximum atomic E-state index is 10.9. The second-order valence-electron chi connectivity index (χ2n) is 6.76. The molecule has 1 aromatic heterocycles. The Hall–Kier alpha value is -1.60. The molecular weight excluding hydrogens is 283 g/mol. The van der Waals surface area contributed by atoms with E-state index >= 15 is 0 Å². The predicted molar refractivity (Wildman–Crippen MR) is 84.2 cm³/mol. The molecule has 1 saturated heterocycles. The molecule has 0 aliphatic carbocycles. The molecule has 0 bridgehead atoms. The van der Waals surface area contributed by atoms with Crippen LogP contribution in [-0.4, -0.2) is 46.5 Å². The van der Waals surface area contributed by atoms with Crippen molar-refractivity contribution in [2.24, 2.45) is 0 Å². The van der Waals surface area contributed by atoms with E-state index in [1.165, 1.54) is 11.9 Å². The smallest absolute Gasteiger partial charge is 0.465 e. The fraction of sp³-hybridized carbons (Fsp3) is 0.600. The number of amides is 1. The van der Waals surface area contributed by atoms with Gasteiger partial charge in [0, 0.05) is 18.7 Å². The van der Waals surface area contributed by atoms with Gasteiger partial charge in [-0.2, -0.15) is 0 Å². The quantitative estimate of drug-likeness (QED) is 0.862. The third-order valence-electron chi connectivity index (χ3n) is 4.44. The topological polar surface area (TPSA) is 71.9 Å². The van der Waals surface area contributed by atoms with Crippen LogP contribution in [0.25, 0.3) is 0 Å². The second-order valence-corrected chi connectivity index (χ2v) is 6.76. The minimum absolute atomic E-state index is 0.250. The highest BCUT2D eigenvalue weighted by atomic mass is 16.7. The molecule has 6 nitrogen and oxygen atoms in total. The molecule has 120 valence electrons. The van der Waals surface area contributed by atoms with Gasteiger partial charge in [0.15, 0.2) is 0 Å². The Kier molecular flexibility index (Phi) is 4.23. The zero-order valence-corrected chi connectivity index (χ0v) is 14.0. The summed E-state index contributed by atoms with van der Waals surface area (Å²) < 4.78 is 12.0. The van der Waals surface area contributed by atoms with Crippen molar-refractivity contribution in [2.75, 3.05) is 7.05 Å². The van der Waals surface area contributed by atoms with Crippen LogP contribution in [0.2, 0.25) is 0 Å². The summed E-state index contributed by atoms with van der Waals surface area (Å²) in [6, 6.07) is 1.87. The van der Waals surface area contributed by atoms with Crippen LogP contribution >= 0.6 is 0 Å². The summed E-state index contributed by atoms with van der Waals surface area (Å²) in [6.45, 7) is 10.2. The van der Waals surface area contributed by atoms with Crippen LogP contribution < -0.4 is 5.46 Å². The minimum Gasteiger partial charge on any atom is -0.465 e. The summed E-state index contributed by atoms with van der Waals surface area (Å²) in [6.07, 6.45) is 0.733. The van der Waals surface area contributed by atoms with Crippen molar-refractivity contribution in [1.82, 2.24) is 9.88 Å². The molecule has 1 aliphatic rings. The minimum atomic E-state index is -0.977. The zero-order valence-electron chi connectivity index (χ0n) is 14.0. The molecule has 0 spiro atoms. The number of hydrogen-bond donors (Lipinski definition) is 1. The van der Waals surface area contributed by atoms with E-state index in [2.05, 4.69) is 4.98 Å². The lowest BCUT2D eigenvalue weighted by Gasteiger charge is -2.32. The molecule has 0 saturated carbocycles. The summed E-state index contributed by atoms with van der Waals surface area (Å²) in [5.74, 6) is 0. The molecule has 1 aliphatic heterocycles. The van der Waals surface area contributed by atoms with Crippen LogP contribution in [0.3, 0.4) is 0 Å². The van der Waals surface area contributed by atoms with E-state index in [4.69, 9.17) is 14.4 Å². The summed E-state index contributed by atoms with van der Waals surface area (Å²) in [5.41, 5.74) is 1.75. The Morgan fingerprint density at radius 3 is 2.32 bits per heavy atom. The molecule has 2 rings (SSSR count). The Bertz CT molecular complexity index is 573. The molecule has 0 atom stereocenters. The highest BCUT2D eigenvalue weighted by Gasteiger charge is 2.52. The normalized spacial score (nSPS) is 19.3. The number of aromatic nitrogens is 1. The van der Waals surface area contributed by atoms with Gasteiger partial charge < -0.3 is 19.3 Å². The van der Waals surface area contributed by atoms with Crippen molar-refractivity contribution >= 4 is 18.7 Å². The standard InChI is InChI=1S/C15H23BN2O4/c1-10-7-11(9-18(6)13(19)20)17-8-12(10)16-21-14(2,3)15(4,5)22-16/h7-8H,9H2,1-6H3,(H,19,20). The maximum Gasteiger partial charge on any atom is 0.496 e. The highest BCUT2D eigenvalue weighted by molar-refractivity contribution is 6.62. The van der Waals surface area contributed by atoms with Gasteiger partial charge in [-0.05, 0) is 46.2 Å². The third kappa shape index (κ3) is 3.10. The summed E-state index contributed by atoms with van der Waals surface area (Å²) in [7, 11) is 1.06. The van der Waals surface area contributed by atoms with Gasteiger partial charge in [-0.1, -0.05) is 0 Å². The summed E-state index contributed by atoms with van der Waals surface area (Å²) in [4.78, 5) is 16.4. The monoisotopic (exact) mass is 306 g/mol. The molecule has 1 amide bonds. The van der Waals surface area contributed by atoms with E-state index in [-0.39, 0.29) is 6.54 Å². The number of pyridine rings is 1. The first-order chi connectivity index (χ1) is 10.0. The predicted octanol–water partition coefficient (Wildman–Crippen LogP) is 1.80. The van der Waals surface area contributed by atoms with Gasteiger partial charge in [0.25, 0.3) is 0 Å². The molecule has 1 fully saturated rings. The Morgan fingerprint density at radius 2 is 1.86 bits per heavy atom. The largest absolute Gasteiger partial charge is 0.496 e. The number of aryl methyl sites for hydroxylation is 1. The van der Waals surface area contributed by atoms with Crippen LogP contribution in [0, 0.1) is 6.92 Å². The highest BCUT2D eigenvalue weighted by Crippen LogP contribution is 2.36. The Balaban J connectivity index is 2.19.